The fourth-order valence-electron chi connectivity index (χ4n) is 7.26. The van der Waals surface area contributed by atoms with Crippen LogP contribution < -0.4 is 4.90 Å². The van der Waals surface area contributed by atoms with Crippen LogP contribution >= 0.6 is 0 Å². The highest BCUT2D eigenvalue weighted by atomic mass is 16.3. The van der Waals surface area contributed by atoms with Crippen LogP contribution in [0.2, 0.25) is 0 Å². The van der Waals surface area contributed by atoms with Gasteiger partial charge < -0.3 is 5.11 Å². The van der Waals surface area contributed by atoms with Crippen molar-refractivity contribution in [3.05, 3.63) is 180 Å². The Morgan fingerprint density at radius 1 is 0.491 bits per heavy atom. The van der Waals surface area contributed by atoms with Gasteiger partial charge in [0, 0.05) is 34.3 Å². The molecule has 0 aliphatic carbocycles. The van der Waals surface area contributed by atoms with Gasteiger partial charge in [-0.2, -0.15) is 0 Å². The van der Waals surface area contributed by atoms with Crippen LogP contribution in [0.15, 0.2) is 152 Å². The van der Waals surface area contributed by atoms with E-state index in [-0.39, 0.29) is 22.0 Å². The number of phenols is 1. The van der Waals surface area contributed by atoms with Crippen molar-refractivity contribution in [1.82, 2.24) is 9.97 Å². The van der Waals surface area contributed by atoms with Crippen LogP contribution in [0.1, 0.15) is 90.1 Å². The largest absolute Gasteiger partial charge is 0.507 e. The van der Waals surface area contributed by atoms with Gasteiger partial charge in [-0.15, -0.1) is 0 Å². The maximum atomic E-state index is 12.1. The van der Waals surface area contributed by atoms with Crippen LogP contribution in [0.4, 0.5) is 17.2 Å². The molecule has 2 aromatic heterocycles. The fraction of sp³-hybridized carbons (Fsp3) is 0.245. The number of para-hydroxylation sites is 1. The van der Waals surface area contributed by atoms with Crippen LogP contribution in [0, 0.1) is 0 Å². The summed E-state index contributed by atoms with van der Waals surface area (Å²) in [7, 11) is 0. The second-order valence-corrected chi connectivity index (χ2v) is 18.3. The molecule has 0 saturated carbocycles. The average molecular weight is 750 g/mol. The lowest BCUT2D eigenvalue weighted by Crippen LogP contribution is -2.17. The van der Waals surface area contributed by atoms with E-state index in [4.69, 9.17) is 9.97 Å². The summed E-state index contributed by atoms with van der Waals surface area (Å²) < 4.78 is 0. The number of benzene rings is 5. The monoisotopic (exact) mass is 749 g/mol. The highest BCUT2D eigenvalue weighted by Gasteiger charge is 2.27. The Morgan fingerprint density at radius 3 is 1.70 bits per heavy atom. The summed E-state index contributed by atoms with van der Waals surface area (Å²) in [6.07, 6.45) is 2.71. The zero-order valence-electron chi connectivity index (χ0n) is 34.9. The van der Waals surface area contributed by atoms with Crippen LogP contribution in [-0.4, -0.2) is 15.1 Å². The van der Waals surface area contributed by atoms with Crippen molar-refractivity contribution in [3.8, 4) is 39.4 Å². The maximum absolute atomic E-state index is 12.1. The van der Waals surface area contributed by atoms with E-state index < -0.39 is 0 Å². The molecule has 4 nitrogen and oxygen atoms in total. The van der Waals surface area contributed by atoms with E-state index in [1.54, 1.807) is 0 Å². The van der Waals surface area contributed by atoms with Gasteiger partial charge >= 0.3 is 0 Å². The molecule has 0 spiro atoms. The first kappa shape index (κ1) is 39.2. The molecule has 0 radical (unpaired) electrons. The third-order valence-corrected chi connectivity index (χ3v) is 10.7. The predicted molar refractivity (Wildman–Crippen MR) is 240 cm³/mol. The average Bonchev–Trinajstić information content (AvgIpc) is 3.18. The fourth-order valence-corrected chi connectivity index (χ4v) is 7.26. The molecule has 288 valence electrons. The molecule has 2 heterocycles. The van der Waals surface area contributed by atoms with Gasteiger partial charge in [-0.25, -0.2) is 9.97 Å². The molecule has 0 amide bonds. The van der Waals surface area contributed by atoms with Crippen LogP contribution in [0.3, 0.4) is 0 Å². The van der Waals surface area contributed by atoms with Crippen molar-refractivity contribution in [2.45, 2.75) is 85.0 Å². The molecule has 5 aromatic carbocycles. The molecule has 1 N–H and O–H groups in total. The molecule has 4 heteroatoms. The zero-order valence-corrected chi connectivity index (χ0v) is 34.9. The summed E-state index contributed by atoms with van der Waals surface area (Å²) in [5, 5.41) is 12.1. The van der Waals surface area contributed by atoms with Gasteiger partial charge in [0.25, 0.3) is 0 Å². The van der Waals surface area contributed by atoms with Crippen molar-refractivity contribution >= 4 is 17.2 Å². The molecular weight excluding hydrogens is 695 g/mol. The molecule has 0 aliphatic rings. The molecule has 7 rings (SSSR count). The highest BCUT2D eigenvalue weighted by molar-refractivity contribution is 5.83. The quantitative estimate of drug-likeness (QED) is 0.168. The molecule has 0 fully saturated rings. The van der Waals surface area contributed by atoms with Crippen LogP contribution in [0.25, 0.3) is 33.6 Å². The Hall–Kier alpha value is -6.00. The Morgan fingerprint density at radius 2 is 1.09 bits per heavy atom. The van der Waals surface area contributed by atoms with E-state index in [2.05, 4.69) is 189 Å². The molecule has 57 heavy (non-hydrogen) atoms. The van der Waals surface area contributed by atoms with Crippen molar-refractivity contribution in [1.29, 1.82) is 0 Å². The second kappa shape index (κ2) is 15.5. The van der Waals surface area contributed by atoms with E-state index >= 15 is 0 Å². The molecule has 0 atom stereocenters. The van der Waals surface area contributed by atoms with Crippen molar-refractivity contribution < 1.29 is 5.11 Å². The lowest BCUT2D eigenvalue weighted by atomic mass is 9.78. The normalized spacial score (nSPS) is 12.1. The summed E-state index contributed by atoms with van der Waals surface area (Å²) in [6.45, 7) is 19.9. The summed E-state index contributed by atoms with van der Waals surface area (Å²) in [5.41, 5.74) is 12.6. The maximum Gasteiger partial charge on any atom is 0.137 e. The first-order chi connectivity index (χ1) is 27.0. The van der Waals surface area contributed by atoms with Gasteiger partial charge in [-0.05, 0) is 117 Å². The van der Waals surface area contributed by atoms with E-state index in [9.17, 15) is 5.11 Å². The Bertz CT molecular complexity index is 2430. The third-order valence-electron chi connectivity index (χ3n) is 10.7. The van der Waals surface area contributed by atoms with E-state index in [0.29, 0.717) is 0 Å². The van der Waals surface area contributed by atoms with Crippen LogP contribution in [-0.2, 0) is 22.7 Å². The second-order valence-electron chi connectivity index (χ2n) is 18.3. The summed E-state index contributed by atoms with van der Waals surface area (Å²) >= 11 is 0. The van der Waals surface area contributed by atoms with E-state index in [1.165, 1.54) is 16.7 Å². The van der Waals surface area contributed by atoms with Gasteiger partial charge in [0.15, 0.2) is 0 Å². The van der Waals surface area contributed by atoms with Gasteiger partial charge in [0.1, 0.15) is 11.6 Å². The van der Waals surface area contributed by atoms with Gasteiger partial charge in [-0.3, -0.25) is 4.90 Å². The number of hydrogen-bond donors (Lipinski definition) is 1. The molecule has 7 aromatic rings. The number of anilines is 3. The smallest absolute Gasteiger partial charge is 0.137 e. The Labute approximate surface area is 340 Å². The SMILES string of the molecule is CC(C)(C)c1cc(-c2cc(-c3ccc(Cc4ccccc4)cc3)cc(-c3cc(C(C)(C)C)cc(C(C)(C)C)c3O)n2)cc(N(c2ccccc2)c2ccccn2)c1. The minimum absolute atomic E-state index is 0.139. The number of phenolic OH excluding ortho intramolecular Hbond substituents is 1. The Kier molecular flexibility index (Phi) is 10.7. The number of aromatic hydroxyl groups is 1. The minimum atomic E-state index is -0.280. The van der Waals surface area contributed by atoms with Crippen LogP contribution in [0.5, 0.6) is 5.75 Å². The first-order valence-corrected chi connectivity index (χ1v) is 20.0. The Balaban J connectivity index is 1.47. The standard InChI is InChI=1S/C53H55N3O/c1-51(2,3)41-29-40(30-44(33-41)56(43-20-14-11-15-21-43)49-22-16-17-27-54-49)47-31-39(38-25-23-37(24-26-38)28-36-18-12-10-13-19-36)32-48(55-47)45-34-42(52(4,5)6)35-46(50(45)57)53(7,8)9/h10-27,29-35,57H,28H2,1-9H3. The molecule has 0 saturated heterocycles. The van der Waals surface area contributed by atoms with Crippen molar-refractivity contribution in [3.63, 3.8) is 0 Å². The van der Waals surface area contributed by atoms with Crippen molar-refractivity contribution in [2.24, 2.45) is 0 Å². The number of hydrogen-bond acceptors (Lipinski definition) is 4. The van der Waals surface area contributed by atoms with Crippen molar-refractivity contribution in [2.75, 3.05) is 4.90 Å². The van der Waals surface area contributed by atoms with E-state index in [0.717, 1.165) is 68.4 Å². The third kappa shape index (κ3) is 8.86. The van der Waals surface area contributed by atoms with Gasteiger partial charge in [0.2, 0.25) is 0 Å². The van der Waals surface area contributed by atoms with Gasteiger partial charge in [-0.1, -0.05) is 147 Å². The summed E-state index contributed by atoms with van der Waals surface area (Å²) in [4.78, 5) is 12.5. The molecule has 0 aliphatic heterocycles. The predicted octanol–water partition coefficient (Wildman–Crippen LogP) is 14.1. The molecule has 0 unspecified atom stereocenters. The lowest BCUT2D eigenvalue weighted by Gasteiger charge is -2.28. The lowest BCUT2D eigenvalue weighted by molar-refractivity contribution is 0.446. The molecule has 0 bridgehead atoms. The number of rotatable bonds is 8. The topological polar surface area (TPSA) is 49.3 Å². The number of aromatic nitrogens is 2. The summed E-state index contributed by atoms with van der Waals surface area (Å²) in [5.74, 6) is 1.11. The zero-order chi connectivity index (χ0) is 40.5. The highest BCUT2D eigenvalue weighted by Crippen LogP contribution is 2.44. The first-order valence-electron chi connectivity index (χ1n) is 20.0. The number of nitrogens with zero attached hydrogens (tertiary/aromatic N) is 3. The van der Waals surface area contributed by atoms with Gasteiger partial charge in [0.05, 0.1) is 11.4 Å². The molecular formula is C53H55N3O. The number of pyridine rings is 2. The minimum Gasteiger partial charge on any atom is -0.507 e. The summed E-state index contributed by atoms with van der Waals surface area (Å²) in [6, 6.07) is 51.3. The van der Waals surface area contributed by atoms with E-state index in [1.807, 2.05) is 30.5 Å².